The molecule has 2 aromatic heterocycles. The number of hydrogen-bond donors (Lipinski definition) is 1. The normalized spacial score (nSPS) is 14.9. The van der Waals surface area contributed by atoms with E-state index in [2.05, 4.69) is 52.1 Å². The van der Waals surface area contributed by atoms with Crippen LogP contribution in [0.15, 0.2) is 42.7 Å². The first kappa shape index (κ1) is 20.3. The number of nitrogens with one attached hydrogen (secondary N) is 1. The number of ether oxygens (including phenoxy) is 1. The largest absolute Gasteiger partial charge is 0.444 e. The minimum Gasteiger partial charge on any atom is -0.444 e. The molecule has 0 saturated carbocycles. The summed E-state index contributed by atoms with van der Waals surface area (Å²) in [5.74, 6) is 0. The van der Waals surface area contributed by atoms with Crippen LogP contribution in [0.3, 0.4) is 0 Å². The van der Waals surface area contributed by atoms with Crippen molar-refractivity contribution in [1.29, 1.82) is 0 Å². The third-order valence-corrected chi connectivity index (χ3v) is 5.47. The lowest BCUT2D eigenvalue weighted by atomic mass is 10.0. The number of piperazine rings is 1. The van der Waals surface area contributed by atoms with Gasteiger partial charge in [-0.1, -0.05) is 19.1 Å². The second kappa shape index (κ2) is 8.01. The molecule has 1 amide bonds. The summed E-state index contributed by atoms with van der Waals surface area (Å²) in [4.78, 5) is 24.3. The first-order valence-corrected chi connectivity index (χ1v) is 10.6. The second-order valence-electron chi connectivity index (χ2n) is 8.79. The van der Waals surface area contributed by atoms with Crippen molar-refractivity contribution in [3.63, 3.8) is 0 Å². The first-order valence-electron chi connectivity index (χ1n) is 10.6. The molecule has 6 heteroatoms. The molecular weight excluding hydrogens is 376 g/mol. The lowest BCUT2D eigenvalue weighted by Crippen LogP contribution is -2.50. The number of carbonyl (C=O) groups is 1. The molecule has 0 spiro atoms. The van der Waals surface area contributed by atoms with Crippen LogP contribution in [0.5, 0.6) is 0 Å². The van der Waals surface area contributed by atoms with Gasteiger partial charge in [-0.25, -0.2) is 9.78 Å². The minimum absolute atomic E-state index is 0.228. The van der Waals surface area contributed by atoms with Gasteiger partial charge in [-0.2, -0.15) is 0 Å². The van der Waals surface area contributed by atoms with Crippen LogP contribution in [0, 0.1) is 0 Å². The van der Waals surface area contributed by atoms with E-state index in [1.165, 1.54) is 16.6 Å². The molecule has 0 atom stereocenters. The molecule has 4 rings (SSSR count). The van der Waals surface area contributed by atoms with Gasteiger partial charge in [-0.3, -0.25) is 0 Å². The van der Waals surface area contributed by atoms with Gasteiger partial charge in [0.25, 0.3) is 0 Å². The van der Waals surface area contributed by atoms with E-state index in [1.54, 1.807) is 4.90 Å². The number of aromatic amines is 1. The van der Waals surface area contributed by atoms with E-state index in [0.29, 0.717) is 13.1 Å². The van der Waals surface area contributed by atoms with Crippen LogP contribution in [-0.2, 0) is 11.2 Å². The van der Waals surface area contributed by atoms with Gasteiger partial charge in [0, 0.05) is 55.2 Å². The topological polar surface area (TPSA) is 61.5 Å². The Kier molecular flexibility index (Phi) is 5.41. The molecule has 3 heterocycles. The summed E-state index contributed by atoms with van der Waals surface area (Å²) in [5.41, 5.74) is 5.19. The highest BCUT2D eigenvalue weighted by molar-refractivity contribution is 5.85. The fraction of sp³-hybridized carbons (Fsp3) is 0.417. The molecule has 1 aliphatic rings. The predicted octanol–water partition coefficient (Wildman–Crippen LogP) is 4.85. The number of amides is 1. The van der Waals surface area contributed by atoms with Crippen molar-refractivity contribution in [2.45, 2.75) is 39.7 Å². The number of benzene rings is 1. The molecule has 30 heavy (non-hydrogen) atoms. The van der Waals surface area contributed by atoms with Crippen LogP contribution >= 0.6 is 0 Å². The zero-order valence-electron chi connectivity index (χ0n) is 18.2. The number of carbonyl (C=O) groups excluding carboxylic acids is 1. The van der Waals surface area contributed by atoms with Crippen molar-refractivity contribution in [2.24, 2.45) is 0 Å². The van der Waals surface area contributed by atoms with Crippen molar-refractivity contribution in [1.82, 2.24) is 14.9 Å². The van der Waals surface area contributed by atoms with Gasteiger partial charge < -0.3 is 19.5 Å². The third kappa shape index (κ3) is 4.27. The maximum Gasteiger partial charge on any atom is 0.410 e. The van der Waals surface area contributed by atoms with Gasteiger partial charge in [-0.05, 0) is 56.5 Å². The Morgan fingerprint density at radius 1 is 1.13 bits per heavy atom. The Hall–Kier alpha value is -3.02. The second-order valence-corrected chi connectivity index (χ2v) is 8.79. The summed E-state index contributed by atoms with van der Waals surface area (Å²) in [7, 11) is 0. The molecule has 0 aliphatic carbocycles. The molecule has 158 valence electrons. The molecule has 1 saturated heterocycles. The summed E-state index contributed by atoms with van der Waals surface area (Å²) in [6.45, 7) is 10.8. The standard InChI is InChI=1S/C24H30N4O2/c1-5-17-15-25-22-21(17)14-19(16-26-22)18-7-6-8-20(13-18)27-9-11-28(12-10-27)23(29)30-24(2,3)4/h6-8,13-16H,5,9-12H2,1-4H3,(H,25,26). The first-order chi connectivity index (χ1) is 14.3. The van der Waals surface area contributed by atoms with Crippen molar-refractivity contribution in [3.8, 4) is 11.1 Å². The Labute approximate surface area is 177 Å². The van der Waals surface area contributed by atoms with Crippen molar-refractivity contribution in [2.75, 3.05) is 31.1 Å². The van der Waals surface area contributed by atoms with Gasteiger partial charge in [0.15, 0.2) is 0 Å². The number of pyridine rings is 1. The van der Waals surface area contributed by atoms with Crippen molar-refractivity contribution >= 4 is 22.8 Å². The van der Waals surface area contributed by atoms with E-state index in [0.717, 1.165) is 36.3 Å². The zero-order valence-corrected chi connectivity index (χ0v) is 18.2. The summed E-state index contributed by atoms with van der Waals surface area (Å²) in [6.07, 6.45) is 4.72. The number of anilines is 1. The number of fused-ring (bicyclic) bond motifs is 1. The lowest BCUT2D eigenvalue weighted by Gasteiger charge is -2.36. The van der Waals surface area contributed by atoms with E-state index >= 15 is 0 Å². The van der Waals surface area contributed by atoms with Crippen LogP contribution in [0.2, 0.25) is 0 Å². The average Bonchev–Trinajstić information content (AvgIpc) is 3.15. The van der Waals surface area contributed by atoms with Crippen LogP contribution in [0.25, 0.3) is 22.2 Å². The molecule has 3 aromatic rings. The van der Waals surface area contributed by atoms with Crippen LogP contribution < -0.4 is 4.90 Å². The SMILES string of the molecule is CCc1c[nH]c2ncc(-c3cccc(N4CCN(C(=O)OC(C)(C)C)CC4)c3)cc12. The lowest BCUT2D eigenvalue weighted by molar-refractivity contribution is 0.0240. The number of aromatic nitrogens is 2. The fourth-order valence-electron chi connectivity index (χ4n) is 3.86. The number of H-pyrrole nitrogens is 1. The highest BCUT2D eigenvalue weighted by atomic mass is 16.6. The average molecular weight is 407 g/mol. The molecular formula is C24H30N4O2. The van der Waals surface area contributed by atoms with Gasteiger partial charge in [0.1, 0.15) is 11.2 Å². The third-order valence-electron chi connectivity index (χ3n) is 5.47. The molecule has 1 N–H and O–H groups in total. The summed E-state index contributed by atoms with van der Waals surface area (Å²) in [5, 5.41) is 1.19. The van der Waals surface area contributed by atoms with Gasteiger partial charge in [0.2, 0.25) is 0 Å². The summed E-state index contributed by atoms with van der Waals surface area (Å²) < 4.78 is 5.50. The molecule has 0 bridgehead atoms. The number of nitrogens with zero attached hydrogens (tertiary/aromatic N) is 3. The van der Waals surface area contributed by atoms with E-state index in [1.807, 2.05) is 33.2 Å². The molecule has 0 unspecified atom stereocenters. The Bertz CT molecular complexity index is 1040. The molecule has 6 nitrogen and oxygen atoms in total. The summed E-state index contributed by atoms with van der Waals surface area (Å²) in [6, 6.07) is 10.8. The van der Waals surface area contributed by atoms with E-state index in [9.17, 15) is 4.79 Å². The predicted molar refractivity (Wildman–Crippen MR) is 121 cm³/mol. The minimum atomic E-state index is -0.463. The van der Waals surface area contributed by atoms with Crippen LogP contribution in [0.4, 0.5) is 10.5 Å². The van der Waals surface area contributed by atoms with Gasteiger partial charge in [0.05, 0.1) is 0 Å². The Morgan fingerprint density at radius 3 is 2.60 bits per heavy atom. The number of aryl methyl sites for hydroxylation is 1. The Morgan fingerprint density at radius 2 is 1.90 bits per heavy atom. The highest BCUT2D eigenvalue weighted by Crippen LogP contribution is 2.28. The number of rotatable bonds is 3. The quantitative estimate of drug-likeness (QED) is 0.675. The van der Waals surface area contributed by atoms with Gasteiger partial charge in [-0.15, -0.1) is 0 Å². The zero-order chi connectivity index (χ0) is 21.3. The molecule has 1 aliphatic heterocycles. The van der Waals surface area contributed by atoms with Crippen molar-refractivity contribution < 1.29 is 9.53 Å². The maximum absolute atomic E-state index is 12.3. The van der Waals surface area contributed by atoms with E-state index in [4.69, 9.17) is 4.74 Å². The smallest absolute Gasteiger partial charge is 0.410 e. The number of hydrogen-bond acceptors (Lipinski definition) is 4. The Balaban J connectivity index is 1.49. The van der Waals surface area contributed by atoms with E-state index < -0.39 is 5.60 Å². The highest BCUT2D eigenvalue weighted by Gasteiger charge is 2.26. The molecule has 1 fully saturated rings. The van der Waals surface area contributed by atoms with Crippen LogP contribution in [0.1, 0.15) is 33.3 Å². The summed E-state index contributed by atoms with van der Waals surface area (Å²) >= 11 is 0. The van der Waals surface area contributed by atoms with Crippen LogP contribution in [-0.4, -0.2) is 52.7 Å². The molecule has 1 aromatic carbocycles. The monoisotopic (exact) mass is 406 g/mol. The fourth-order valence-corrected chi connectivity index (χ4v) is 3.86. The maximum atomic E-state index is 12.3. The van der Waals surface area contributed by atoms with Gasteiger partial charge >= 0.3 is 6.09 Å². The van der Waals surface area contributed by atoms with E-state index in [-0.39, 0.29) is 6.09 Å². The van der Waals surface area contributed by atoms with Crippen molar-refractivity contribution in [3.05, 3.63) is 48.3 Å². The molecule has 0 radical (unpaired) electrons.